The highest BCUT2D eigenvalue weighted by Crippen LogP contribution is 2.37. The van der Waals surface area contributed by atoms with E-state index in [4.69, 9.17) is 0 Å². The van der Waals surface area contributed by atoms with Crippen molar-refractivity contribution in [3.63, 3.8) is 0 Å². The van der Waals surface area contributed by atoms with Gasteiger partial charge in [-0.25, -0.2) is 12.8 Å². The molecule has 0 N–H and O–H groups in total. The first-order valence-electron chi connectivity index (χ1n) is 8.62. The Hall–Kier alpha value is -1.98. The Morgan fingerprint density at radius 3 is 2.62 bits per heavy atom. The highest BCUT2D eigenvalue weighted by molar-refractivity contribution is 9.10. The molecular formula is C18H15BrFN3O4S2. The number of fused-ring (bicyclic) bond motifs is 1. The van der Waals surface area contributed by atoms with E-state index in [9.17, 15) is 22.9 Å². The first-order chi connectivity index (χ1) is 13.7. The first-order valence-corrected chi connectivity index (χ1v) is 12.2. The molecule has 2 aliphatic heterocycles. The molecule has 152 valence electrons. The number of hydrogen-bond donors (Lipinski definition) is 0. The molecule has 11 heteroatoms. The van der Waals surface area contributed by atoms with Gasteiger partial charge in [-0.15, -0.1) is 0 Å². The summed E-state index contributed by atoms with van der Waals surface area (Å²) in [5, 5.41) is 11.3. The standard InChI is InChI=1S/C18H15BrFN3O4S2/c19-12-3-6-16(14(20)7-12)22-17-10-29(26,27)9-15(17)21-18(22)28-8-11-1-4-13(5-2-11)23(24)25/h1-7,15,17H,8-10H2/t15-,17-/m0/s1. The minimum Gasteiger partial charge on any atom is -0.312 e. The Bertz CT molecular complexity index is 1110. The van der Waals surface area contributed by atoms with Gasteiger partial charge in [-0.2, -0.15) is 0 Å². The third-order valence-corrected chi connectivity index (χ3v) is 8.02. The van der Waals surface area contributed by atoms with Gasteiger partial charge >= 0.3 is 0 Å². The van der Waals surface area contributed by atoms with Gasteiger partial charge in [0, 0.05) is 22.4 Å². The maximum absolute atomic E-state index is 14.7. The SMILES string of the molecule is O=[N+]([O-])c1ccc(CSC2=N[C@H]3CS(=O)(=O)C[C@@H]3N2c2ccc(Br)cc2F)cc1. The summed E-state index contributed by atoms with van der Waals surface area (Å²) < 4.78 is 39.4. The number of aliphatic imine (C=N–C) groups is 1. The summed E-state index contributed by atoms with van der Waals surface area (Å²) in [4.78, 5) is 16.6. The molecule has 29 heavy (non-hydrogen) atoms. The fourth-order valence-corrected chi connectivity index (χ4v) is 6.70. The fraction of sp³-hybridized carbons (Fsp3) is 0.278. The van der Waals surface area contributed by atoms with Crippen LogP contribution in [0, 0.1) is 15.9 Å². The summed E-state index contributed by atoms with van der Waals surface area (Å²) >= 11 is 4.59. The lowest BCUT2D eigenvalue weighted by Crippen LogP contribution is -2.39. The average molecular weight is 500 g/mol. The molecule has 2 aromatic carbocycles. The van der Waals surface area contributed by atoms with Crippen molar-refractivity contribution in [1.29, 1.82) is 0 Å². The van der Waals surface area contributed by atoms with Crippen LogP contribution in [0.1, 0.15) is 5.56 Å². The largest absolute Gasteiger partial charge is 0.312 e. The van der Waals surface area contributed by atoms with Crippen molar-refractivity contribution >= 4 is 54.1 Å². The zero-order chi connectivity index (χ0) is 20.8. The molecular weight excluding hydrogens is 485 g/mol. The van der Waals surface area contributed by atoms with Crippen LogP contribution in [0.15, 0.2) is 51.9 Å². The van der Waals surface area contributed by atoms with E-state index in [2.05, 4.69) is 20.9 Å². The van der Waals surface area contributed by atoms with Gasteiger partial charge in [0.1, 0.15) is 5.82 Å². The lowest BCUT2D eigenvalue weighted by atomic mass is 10.1. The Balaban J connectivity index is 1.60. The molecule has 0 saturated carbocycles. The number of thioether (sulfide) groups is 1. The second-order valence-electron chi connectivity index (χ2n) is 6.80. The number of sulfone groups is 1. The predicted molar refractivity (Wildman–Crippen MR) is 115 cm³/mol. The van der Waals surface area contributed by atoms with Gasteiger partial charge in [0.25, 0.3) is 5.69 Å². The van der Waals surface area contributed by atoms with Crippen LogP contribution in [0.3, 0.4) is 0 Å². The van der Waals surface area contributed by atoms with Crippen LogP contribution in [-0.2, 0) is 15.6 Å². The molecule has 0 amide bonds. The summed E-state index contributed by atoms with van der Waals surface area (Å²) in [5.41, 5.74) is 1.15. The maximum Gasteiger partial charge on any atom is 0.269 e. The highest BCUT2D eigenvalue weighted by Gasteiger charge is 2.47. The second kappa shape index (κ2) is 7.69. The quantitative estimate of drug-likeness (QED) is 0.469. The third kappa shape index (κ3) is 4.17. The zero-order valence-corrected chi connectivity index (χ0v) is 18.1. The van der Waals surface area contributed by atoms with Crippen molar-refractivity contribution < 1.29 is 17.7 Å². The maximum atomic E-state index is 14.7. The van der Waals surface area contributed by atoms with Crippen LogP contribution < -0.4 is 4.90 Å². The molecule has 0 bridgehead atoms. The Labute approximate surface area is 179 Å². The van der Waals surface area contributed by atoms with Gasteiger partial charge in [0.15, 0.2) is 15.0 Å². The summed E-state index contributed by atoms with van der Waals surface area (Å²) in [5.74, 6) is -0.114. The van der Waals surface area contributed by atoms with Crippen LogP contribution in [0.25, 0.3) is 0 Å². The molecule has 2 atom stereocenters. The van der Waals surface area contributed by atoms with E-state index in [1.54, 1.807) is 29.2 Å². The van der Waals surface area contributed by atoms with Crippen molar-refractivity contribution in [2.24, 2.45) is 4.99 Å². The molecule has 0 radical (unpaired) electrons. The molecule has 0 spiro atoms. The Morgan fingerprint density at radius 1 is 1.24 bits per heavy atom. The lowest BCUT2D eigenvalue weighted by molar-refractivity contribution is -0.384. The number of hydrogen-bond acceptors (Lipinski definition) is 7. The van der Waals surface area contributed by atoms with Crippen molar-refractivity contribution in [3.05, 3.63) is 68.4 Å². The molecule has 7 nitrogen and oxygen atoms in total. The van der Waals surface area contributed by atoms with E-state index >= 15 is 0 Å². The number of halogens is 2. The number of non-ortho nitro benzene ring substituents is 1. The van der Waals surface area contributed by atoms with Gasteiger partial charge < -0.3 is 4.90 Å². The van der Waals surface area contributed by atoms with Gasteiger partial charge in [-0.3, -0.25) is 15.1 Å². The zero-order valence-electron chi connectivity index (χ0n) is 14.9. The second-order valence-corrected chi connectivity index (χ2v) is 10.8. The van der Waals surface area contributed by atoms with Crippen molar-refractivity contribution in [2.45, 2.75) is 17.8 Å². The number of nitrogens with zero attached hydrogens (tertiary/aromatic N) is 3. The summed E-state index contributed by atoms with van der Waals surface area (Å²) in [6, 6.07) is 9.97. The van der Waals surface area contributed by atoms with E-state index in [0.29, 0.717) is 15.4 Å². The molecule has 0 aliphatic carbocycles. The molecule has 2 aromatic rings. The highest BCUT2D eigenvalue weighted by atomic mass is 79.9. The summed E-state index contributed by atoms with van der Waals surface area (Å²) in [7, 11) is -3.22. The Morgan fingerprint density at radius 2 is 1.97 bits per heavy atom. The molecule has 0 unspecified atom stereocenters. The van der Waals surface area contributed by atoms with Gasteiger partial charge in [0.2, 0.25) is 0 Å². The smallest absolute Gasteiger partial charge is 0.269 e. The van der Waals surface area contributed by atoms with Gasteiger partial charge in [-0.1, -0.05) is 39.8 Å². The molecule has 2 heterocycles. The summed E-state index contributed by atoms with van der Waals surface area (Å²) in [6.07, 6.45) is 0. The molecule has 4 rings (SSSR count). The Kier molecular flexibility index (Phi) is 5.38. The van der Waals surface area contributed by atoms with Crippen molar-refractivity contribution in [2.75, 3.05) is 16.4 Å². The van der Waals surface area contributed by atoms with E-state index in [0.717, 1.165) is 5.56 Å². The van der Waals surface area contributed by atoms with E-state index in [1.807, 2.05) is 0 Å². The van der Waals surface area contributed by atoms with Crippen LogP contribution in [-0.4, -0.2) is 42.1 Å². The van der Waals surface area contributed by atoms with E-state index < -0.39 is 32.7 Å². The monoisotopic (exact) mass is 499 g/mol. The number of nitro groups is 1. The van der Waals surface area contributed by atoms with Gasteiger partial charge in [0.05, 0.1) is 34.2 Å². The number of amidine groups is 1. The van der Waals surface area contributed by atoms with Crippen LogP contribution in [0.5, 0.6) is 0 Å². The molecule has 0 aromatic heterocycles. The number of benzene rings is 2. The van der Waals surface area contributed by atoms with Crippen LogP contribution in [0.2, 0.25) is 0 Å². The molecule has 1 fully saturated rings. The minimum absolute atomic E-state index is 0.00950. The average Bonchev–Trinajstić information content (AvgIpc) is 3.12. The number of anilines is 1. The van der Waals surface area contributed by atoms with Crippen LogP contribution >= 0.6 is 27.7 Å². The molecule has 2 aliphatic rings. The topological polar surface area (TPSA) is 92.9 Å². The van der Waals surface area contributed by atoms with Gasteiger partial charge in [-0.05, 0) is 23.8 Å². The number of rotatable bonds is 4. The fourth-order valence-electron chi connectivity index (χ4n) is 3.45. The van der Waals surface area contributed by atoms with E-state index in [-0.39, 0.29) is 22.9 Å². The predicted octanol–water partition coefficient (Wildman–Crippen LogP) is 3.77. The number of nitro benzene ring substituents is 1. The summed E-state index contributed by atoms with van der Waals surface area (Å²) in [6.45, 7) is 0. The third-order valence-electron chi connectivity index (χ3n) is 4.79. The minimum atomic E-state index is -3.22. The normalized spacial score (nSPS) is 22.4. The lowest BCUT2D eigenvalue weighted by Gasteiger charge is -2.27. The van der Waals surface area contributed by atoms with Crippen molar-refractivity contribution in [3.8, 4) is 0 Å². The first kappa shape index (κ1) is 20.3. The van der Waals surface area contributed by atoms with Crippen molar-refractivity contribution in [1.82, 2.24) is 0 Å². The van der Waals surface area contributed by atoms with Crippen LogP contribution in [0.4, 0.5) is 15.8 Å². The van der Waals surface area contributed by atoms with E-state index in [1.165, 1.54) is 30.0 Å². The molecule has 1 saturated heterocycles.